The van der Waals surface area contributed by atoms with Crippen molar-refractivity contribution in [3.05, 3.63) is 24.3 Å². The van der Waals surface area contributed by atoms with E-state index in [0.29, 0.717) is 0 Å². The van der Waals surface area contributed by atoms with E-state index >= 15 is 0 Å². The molecule has 3 nitrogen and oxygen atoms in total. The molecule has 0 spiro atoms. The van der Waals surface area contributed by atoms with E-state index in [4.69, 9.17) is 4.74 Å². The van der Waals surface area contributed by atoms with Crippen LogP contribution in [0, 0.1) is 0 Å². The maximum absolute atomic E-state index is 9.76. The summed E-state index contributed by atoms with van der Waals surface area (Å²) in [6.07, 6.45) is 7.03. The van der Waals surface area contributed by atoms with Crippen molar-refractivity contribution in [2.45, 2.75) is 44.1 Å². The van der Waals surface area contributed by atoms with Gasteiger partial charge in [0.2, 0.25) is 0 Å². The molecule has 100 valence electrons. The molecule has 0 aliphatic heterocycles. The lowest BCUT2D eigenvalue weighted by Crippen LogP contribution is -2.41. The van der Waals surface area contributed by atoms with Crippen molar-refractivity contribution in [1.29, 1.82) is 0 Å². The van der Waals surface area contributed by atoms with Gasteiger partial charge < -0.3 is 15.2 Å². The molecular weight excluding hydrogens is 226 g/mol. The maximum atomic E-state index is 9.76. The molecule has 0 unspecified atom stereocenters. The summed E-state index contributed by atoms with van der Waals surface area (Å²) in [6.45, 7) is 0.199. The predicted octanol–water partition coefficient (Wildman–Crippen LogP) is 3.19. The molecule has 2 rings (SSSR count). The number of hydrogen-bond donors (Lipinski definition) is 2. The van der Waals surface area contributed by atoms with E-state index in [1.165, 1.54) is 25.7 Å². The molecule has 1 aliphatic rings. The van der Waals surface area contributed by atoms with Crippen molar-refractivity contribution in [2.75, 3.05) is 19.0 Å². The normalized spacial score (nSPS) is 19.0. The van der Waals surface area contributed by atoms with Gasteiger partial charge in [-0.05, 0) is 25.0 Å². The van der Waals surface area contributed by atoms with E-state index in [-0.39, 0.29) is 12.1 Å². The topological polar surface area (TPSA) is 41.5 Å². The first kappa shape index (κ1) is 13.2. The molecule has 0 aromatic heterocycles. The van der Waals surface area contributed by atoms with E-state index in [1.807, 2.05) is 24.3 Å². The molecule has 2 N–H and O–H groups in total. The molecule has 1 aromatic carbocycles. The lowest BCUT2D eigenvalue weighted by atomic mass is 9.90. The van der Waals surface area contributed by atoms with Crippen molar-refractivity contribution >= 4 is 5.69 Å². The van der Waals surface area contributed by atoms with Gasteiger partial charge in [-0.15, -0.1) is 0 Å². The number of rotatable bonds is 4. The number of ether oxygens (including phenoxy) is 1. The Labute approximate surface area is 109 Å². The van der Waals surface area contributed by atoms with E-state index in [1.54, 1.807) is 7.11 Å². The Morgan fingerprint density at radius 3 is 2.56 bits per heavy atom. The Morgan fingerprint density at radius 2 is 1.94 bits per heavy atom. The number of aliphatic hydroxyl groups is 1. The first-order valence-corrected chi connectivity index (χ1v) is 6.81. The monoisotopic (exact) mass is 249 g/mol. The van der Waals surface area contributed by atoms with Crippen LogP contribution in [0.2, 0.25) is 0 Å². The summed E-state index contributed by atoms with van der Waals surface area (Å²) < 4.78 is 5.23. The minimum Gasteiger partial charge on any atom is -0.497 e. The van der Waals surface area contributed by atoms with Gasteiger partial charge >= 0.3 is 0 Å². The van der Waals surface area contributed by atoms with Gasteiger partial charge in [0.25, 0.3) is 0 Å². The van der Waals surface area contributed by atoms with Gasteiger partial charge in [-0.1, -0.05) is 31.7 Å². The molecule has 1 fully saturated rings. The molecule has 1 aliphatic carbocycles. The Morgan fingerprint density at radius 1 is 1.22 bits per heavy atom. The van der Waals surface area contributed by atoms with Crippen molar-refractivity contribution in [3.63, 3.8) is 0 Å². The van der Waals surface area contributed by atoms with Crippen LogP contribution in [-0.4, -0.2) is 24.4 Å². The van der Waals surface area contributed by atoms with E-state index in [9.17, 15) is 5.11 Å². The highest BCUT2D eigenvalue weighted by Crippen LogP contribution is 2.31. The Bertz CT molecular complexity index is 371. The zero-order valence-corrected chi connectivity index (χ0v) is 11.1. The zero-order valence-electron chi connectivity index (χ0n) is 11.1. The second-order valence-corrected chi connectivity index (χ2v) is 5.21. The van der Waals surface area contributed by atoms with Crippen LogP contribution in [-0.2, 0) is 0 Å². The van der Waals surface area contributed by atoms with Crippen molar-refractivity contribution in [2.24, 2.45) is 0 Å². The van der Waals surface area contributed by atoms with Crippen LogP contribution in [0.25, 0.3) is 0 Å². The number of aliphatic hydroxyl groups excluding tert-OH is 1. The number of hydrogen-bond acceptors (Lipinski definition) is 3. The SMILES string of the molecule is COc1cccc(NC2(CO)CCCCCC2)c1. The number of anilines is 1. The molecule has 0 atom stereocenters. The summed E-state index contributed by atoms with van der Waals surface area (Å²) in [6, 6.07) is 7.93. The minimum atomic E-state index is -0.150. The standard InChI is InChI=1S/C15H23NO2/c1-18-14-8-6-7-13(11-14)16-15(12-17)9-4-2-3-5-10-15/h6-8,11,16-17H,2-5,9-10,12H2,1H3. The van der Waals surface area contributed by atoms with Crippen LogP contribution >= 0.6 is 0 Å². The second kappa shape index (κ2) is 6.10. The molecule has 3 heteroatoms. The van der Waals surface area contributed by atoms with Crippen molar-refractivity contribution < 1.29 is 9.84 Å². The number of nitrogens with one attached hydrogen (secondary N) is 1. The third-order valence-electron chi connectivity index (χ3n) is 3.84. The van der Waals surface area contributed by atoms with Gasteiger partial charge in [0, 0.05) is 11.8 Å². The highest BCUT2D eigenvalue weighted by Gasteiger charge is 2.29. The fraction of sp³-hybridized carbons (Fsp3) is 0.600. The number of benzene rings is 1. The van der Waals surface area contributed by atoms with Crippen molar-refractivity contribution in [3.8, 4) is 5.75 Å². The molecule has 1 aromatic rings. The molecule has 1 saturated carbocycles. The summed E-state index contributed by atoms with van der Waals surface area (Å²) in [5.74, 6) is 0.849. The lowest BCUT2D eigenvalue weighted by Gasteiger charge is -2.33. The van der Waals surface area contributed by atoms with Crippen LogP contribution in [0.1, 0.15) is 38.5 Å². The average molecular weight is 249 g/mol. The molecule has 0 radical (unpaired) electrons. The smallest absolute Gasteiger partial charge is 0.120 e. The zero-order chi connectivity index (χ0) is 12.8. The maximum Gasteiger partial charge on any atom is 0.120 e. The molecule has 0 saturated heterocycles. The van der Waals surface area contributed by atoms with E-state index in [2.05, 4.69) is 5.32 Å². The highest BCUT2D eigenvalue weighted by molar-refractivity contribution is 5.50. The summed E-state index contributed by atoms with van der Waals surface area (Å²) >= 11 is 0. The quantitative estimate of drug-likeness (QED) is 0.805. The predicted molar refractivity (Wildman–Crippen MR) is 74.1 cm³/mol. The fourth-order valence-corrected chi connectivity index (χ4v) is 2.73. The van der Waals surface area contributed by atoms with Crippen LogP contribution in [0.3, 0.4) is 0 Å². The average Bonchev–Trinajstić information content (AvgIpc) is 2.65. The van der Waals surface area contributed by atoms with Gasteiger partial charge in [0.15, 0.2) is 0 Å². The van der Waals surface area contributed by atoms with Gasteiger partial charge in [-0.2, -0.15) is 0 Å². The third-order valence-corrected chi connectivity index (χ3v) is 3.84. The number of methoxy groups -OCH3 is 1. The third kappa shape index (κ3) is 3.16. The van der Waals surface area contributed by atoms with Gasteiger partial charge in [0.1, 0.15) is 5.75 Å². The Balaban J connectivity index is 2.12. The molecular formula is C15H23NO2. The van der Waals surface area contributed by atoms with Gasteiger partial charge in [-0.3, -0.25) is 0 Å². The van der Waals surface area contributed by atoms with Crippen LogP contribution < -0.4 is 10.1 Å². The fourth-order valence-electron chi connectivity index (χ4n) is 2.73. The first-order valence-electron chi connectivity index (χ1n) is 6.81. The van der Waals surface area contributed by atoms with Gasteiger partial charge in [0.05, 0.1) is 19.3 Å². The first-order chi connectivity index (χ1) is 8.78. The summed E-state index contributed by atoms with van der Waals surface area (Å²) in [5, 5.41) is 13.3. The van der Waals surface area contributed by atoms with Crippen LogP contribution in [0.15, 0.2) is 24.3 Å². The highest BCUT2D eigenvalue weighted by atomic mass is 16.5. The van der Waals surface area contributed by atoms with Crippen LogP contribution in [0.4, 0.5) is 5.69 Å². The Hall–Kier alpha value is -1.22. The van der Waals surface area contributed by atoms with Gasteiger partial charge in [-0.25, -0.2) is 0 Å². The molecule has 0 amide bonds. The lowest BCUT2D eigenvalue weighted by molar-refractivity contribution is 0.195. The molecule has 18 heavy (non-hydrogen) atoms. The largest absolute Gasteiger partial charge is 0.497 e. The molecule has 0 heterocycles. The summed E-state index contributed by atoms with van der Waals surface area (Å²) in [5.41, 5.74) is 0.883. The molecule has 0 bridgehead atoms. The van der Waals surface area contributed by atoms with Crippen LogP contribution in [0.5, 0.6) is 5.75 Å². The summed E-state index contributed by atoms with van der Waals surface area (Å²) in [7, 11) is 1.67. The summed E-state index contributed by atoms with van der Waals surface area (Å²) in [4.78, 5) is 0. The van der Waals surface area contributed by atoms with E-state index < -0.39 is 0 Å². The Kier molecular flexibility index (Phi) is 4.48. The minimum absolute atomic E-state index is 0.150. The van der Waals surface area contributed by atoms with Crippen molar-refractivity contribution in [1.82, 2.24) is 0 Å². The second-order valence-electron chi connectivity index (χ2n) is 5.21. The van der Waals surface area contributed by atoms with E-state index in [0.717, 1.165) is 24.3 Å².